The Labute approximate surface area is 180 Å². The Kier molecular flexibility index (Phi) is 5.12. The highest BCUT2D eigenvalue weighted by molar-refractivity contribution is 6.35. The predicted octanol–water partition coefficient (Wildman–Crippen LogP) is 4.58. The molecule has 10 heteroatoms. The molecule has 2 aromatic heterocycles. The molecule has 0 spiro atoms. The van der Waals surface area contributed by atoms with Crippen molar-refractivity contribution in [2.45, 2.75) is 44.9 Å². The van der Waals surface area contributed by atoms with E-state index in [1.54, 1.807) is 19.2 Å². The van der Waals surface area contributed by atoms with Crippen LogP contribution in [0.5, 0.6) is 0 Å². The third kappa shape index (κ3) is 3.71. The number of benzene rings is 1. The zero-order valence-corrected chi connectivity index (χ0v) is 17.8. The van der Waals surface area contributed by atoms with E-state index < -0.39 is 28.9 Å². The normalized spacial score (nSPS) is 15.3. The van der Waals surface area contributed by atoms with Crippen LogP contribution in [0.15, 0.2) is 34.0 Å². The van der Waals surface area contributed by atoms with Gasteiger partial charge in [0.15, 0.2) is 5.82 Å². The number of nitrogens with zero attached hydrogens (tertiary/aromatic N) is 3. The van der Waals surface area contributed by atoms with Gasteiger partial charge in [-0.3, -0.25) is 9.59 Å². The van der Waals surface area contributed by atoms with E-state index in [2.05, 4.69) is 10.4 Å². The number of nitrogens with one attached hydrogen (secondary N) is 1. The van der Waals surface area contributed by atoms with Crippen molar-refractivity contribution in [3.05, 3.63) is 66.8 Å². The molecule has 1 aliphatic rings. The number of anilines is 1. The van der Waals surface area contributed by atoms with Gasteiger partial charge in [0, 0.05) is 24.7 Å². The van der Waals surface area contributed by atoms with Gasteiger partial charge in [0.05, 0.1) is 17.0 Å². The second-order valence-electron chi connectivity index (χ2n) is 7.84. The second kappa shape index (κ2) is 7.40. The molecule has 1 saturated carbocycles. The van der Waals surface area contributed by atoms with E-state index in [0.29, 0.717) is 10.9 Å². The highest BCUT2D eigenvalue weighted by Crippen LogP contribution is 2.37. The molecule has 1 N–H and O–H groups in total. The molecule has 0 radical (unpaired) electrons. The lowest BCUT2D eigenvalue weighted by molar-refractivity contribution is -0.138. The maximum atomic E-state index is 13.3. The largest absolute Gasteiger partial charge is 0.416 e. The van der Waals surface area contributed by atoms with Crippen LogP contribution in [0.1, 0.15) is 48.5 Å². The van der Waals surface area contributed by atoms with Gasteiger partial charge in [0.2, 0.25) is 0 Å². The molecule has 4 rings (SSSR count). The van der Waals surface area contributed by atoms with Crippen molar-refractivity contribution < 1.29 is 13.2 Å². The molecule has 0 saturated heterocycles. The molecular weight excluding hydrogens is 433 g/mol. The standard InChI is InChI=1S/C21H20ClF3N4O2/c1-10-13(5-4-6-15(10)21(23,24)25)11(2)26-18-14-9-29(12-7-8-12)20(31)17(22)16(14)19(30)28(3)27-18/h4-6,9,11-12H,7-8H2,1-3H3,(H,26,27). The zero-order valence-electron chi connectivity index (χ0n) is 17.0. The number of hydrogen-bond donors (Lipinski definition) is 1. The van der Waals surface area contributed by atoms with Crippen LogP contribution >= 0.6 is 11.6 Å². The molecule has 3 aromatic rings. The van der Waals surface area contributed by atoms with Gasteiger partial charge >= 0.3 is 6.18 Å². The minimum absolute atomic E-state index is 0.0226. The van der Waals surface area contributed by atoms with Gasteiger partial charge in [-0.2, -0.15) is 18.3 Å². The van der Waals surface area contributed by atoms with Crippen molar-refractivity contribution in [2.24, 2.45) is 7.05 Å². The minimum atomic E-state index is -4.46. The van der Waals surface area contributed by atoms with Crippen molar-refractivity contribution >= 4 is 28.2 Å². The lowest BCUT2D eigenvalue weighted by Gasteiger charge is -2.21. The molecule has 1 aromatic carbocycles. The summed E-state index contributed by atoms with van der Waals surface area (Å²) >= 11 is 6.27. The highest BCUT2D eigenvalue weighted by Gasteiger charge is 2.33. The van der Waals surface area contributed by atoms with Gasteiger partial charge < -0.3 is 9.88 Å². The van der Waals surface area contributed by atoms with Gasteiger partial charge in [-0.05, 0) is 43.9 Å². The fraction of sp³-hybridized carbons (Fsp3) is 0.381. The number of pyridine rings is 1. The summed E-state index contributed by atoms with van der Waals surface area (Å²) in [4.78, 5) is 25.2. The van der Waals surface area contributed by atoms with Gasteiger partial charge in [-0.25, -0.2) is 4.68 Å². The van der Waals surface area contributed by atoms with E-state index in [0.717, 1.165) is 23.6 Å². The average molecular weight is 453 g/mol. The fourth-order valence-electron chi connectivity index (χ4n) is 3.84. The summed E-state index contributed by atoms with van der Waals surface area (Å²) in [5, 5.41) is 7.58. The highest BCUT2D eigenvalue weighted by atomic mass is 35.5. The summed E-state index contributed by atoms with van der Waals surface area (Å²) < 4.78 is 42.5. The first-order valence-corrected chi connectivity index (χ1v) is 10.1. The Morgan fingerprint density at radius 2 is 1.90 bits per heavy atom. The van der Waals surface area contributed by atoms with Gasteiger partial charge in [-0.1, -0.05) is 23.7 Å². The molecule has 1 atom stereocenters. The first-order valence-electron chi connectivity index (χ1n) is 9.75. The lowest BCUT2D eigenvalue weighted by Crippen LogP contribution is -2.27. The van der Waals surface area contributed by atoms with Crippen LogP contribution in [0.25, 0.3) is 10.8 Å². The van der Waals surface area contributed by atoms with Crippen molar-refractivity contribution in [2.75, 3.05) is 5.32 Å². The monoisotopic (exact) mass is 452 g/mol. The van der Waals surface area contributed by atoms with Crippen LogP contribution in [0.4, 0.5) is 19.0 Å². The smallest absolute Gasteiger partial charge is 0.362 e. The van der Waals surface area contributed by atoms with E-state index in [1.807, 2.05) is 0 Å². The van der Waals surface area contributed by atoms with Crippen LogP contribution in [0.3, 0.4) is 0 Å². The van der Waals surface area contributed by atoms with Crippen LogP contribution in [0.2, 0.25) is 5.02 Å². The van der Waals surface area contributed by atoms with E-state index in [4.69, 9.17) is 11.6 Å². The van der Waals surface area contributed by atoms with Crippen molar-refractivity contribution in [3.8, 4) is 0 Å². The summed E-state index contributed by atoms with van der Waals surface area (Å²) in [5.41, 5.74) is -1.11. The molecule has 2 heterocycles. The summed E-state index contributed by atoms with van der Waals surface area (Å²) in [6.07, 6.45) is -1.23. The first-order chi connectivity index (χ1) is 14.5. The molecule has 1 fully saturated rings. The number of hydrogen-bond acceptors (Lipinski definition) is 4. The Balaban J connectivity index is 1.85. The summed E-state index contributed by atoms with van der Waals surface area (Å²) in [6, 6.07) is 3.47. The molecule has 0 bridgehead atoms. The van der Waals surface area contributed by atoms with E-state index in [-0.39, 0.29) is 27.8 Å². The van der Waals surface area contributed by atoms with Crippen LogP contribution in [-0.2, 0) is 13.2 Å². The van der Waals surface area contributed by atoms with Crippen molar-refractivity contribution in [3.63, 3.8) is 0 Å². The van der Waals surface area contributed by atoms with Gasteiger partial charge in [0.25, 0.3) is 11.1 Å². The molecule has 1 unspecified atom stereocenters. The third-order valence-corrected chi connectivity index (χ3v) is 5.98. The summed E-state index contributed by atoms with van der Waals surface area (Å²) in [5.74, 6) is 0.262. The summed E-state index contributed by atoms with van der Waals surface area (Å²) in [6.45, 7) is 3.13. The molecule has 6 nitrogen and oxygen atoms in total. The van der Waals surface area contributed by atoms with Crippen LogP contribution in [-0.4, -0.2) is 14.3 Å². The van der Waals surface area contributed by atoms with E-state index >= 15 is 0 Å². The Morgan fingerprint density at radius 1 is 1.23 bits per heavy atom. The van der Waals surface area contributed by atoms with Crippen molar-refractivity contribution in [1.29, 1.82) is 0 Å². The van der Waals surface area contributed by atoms with E-state index in [1.165, 1.54) is 24.6 Å². The SMILES string of the molecule is Cc1c(C(C)Nc2nn(C)c(=O)c3c(Cl)c(=O)n(C4CC4)cc23)cccc1C(F)(F)F. The molecule has 164 valence electrons. The first kappa shape index (κ1) is 21.4. The summed E-state index contributed by atoms with van der Waals surface area (Å²) in [7, 11) is 1.43. The van der Waals surface area contributed by atoms with Gasteiger partial charge in [0.1, 0.15) is 5.02 Å². The number of rotatable bonds is 4. The quantitative estimate of drug-likeness (QED) is 0.629. The Morgan fingerprint density at radius 3 is 2.52 bits per heavy atom. The average Bonchev–Trinajstić information content (AvgIpc) is 3.52. The Bertz CT molecular complexity index is 1310. The van der Waals surface area contributed by atoms with Crippen molar-refractivity contribution in [1.82, 2.24) is 14.3 Å². The maximum absolute atomic E-state index is 13.3. The van der Waals surface area contributed by atoms with Gasteiger partial charge in [-0.15, -0.1) is 0 Å². The molecule has 1 aliphatic carbocycles. The predicted molar refractivity (Wildman–Crippen MR) is 113 cm³/mol. The number of fused-ring (bicyclic) bond motifs is 1. The number of aryl methyl sites for hydroxylation is 1. The molecule has 31 heavy (non-hydrogen) atoms. The third-order valence-electron chi connectivity index (χ3n) is 5.63. The van der Waals surface area contributed by atoms with E-state index in [9.17, 15) is 22.8 Å². The number of aromatic nitrogens is 3. The topological polar surface area (TPSA) is 68.9 Å². The number of halogens is 4. The zero-order chi connectivity index (χ0) is 22.7. The number of alkyl halides is 3. The maximum Gasteiger partial charge on any atom is 0.416 e. The molecular formula is C21H20ClF3N4O2. The fourth-order valence-corrected chi connectivity index (χ4v) is 4.12. The lowest BCUT2D eigenvalue weighted by atomic mass is 9.97. The Hall–Kier alpha value is -2.81. The van der Waals surface area contributed by atoms with Crippen LogP contribution < -0.4 is 16.4 Å². The molecule has 0 aliphatic heterocycles. The molecule has 0 amide bonds. The van der Waals surface area contributed by atoms with Crippen LogP contribution in [0, 0.1) is 6.92 Å². The second-order valence-corrected chi connectivity index (χ2v) is 8.21. The minimum Gasteiger partial charge on any atom is -0.362 e.